The number of amides is 2. The molecule has 9 heteroatoms. The predicted octanol–water partition coefficient (Wildman–Crippen LogP) is 5.28. The maximum Gasteiger partial charge on any atom is 0.255 e. The maximum atomic E-state index is 13.2. The number of rotatable bonds is 7. The minimum atomic E-state index is -0.172. The van der Waals surface area contributed by atoms with E-state index in [1.165, 1.54) is 11.8 Å². The van der Waals surface area contributed by atoms with Crippen LogP contribution in [0.25, 0.3) is 0 Å². The van der Waals surface area contributed by atoms with Crippen molar-refractivity contribution < 1.29 is 9.59 Å². The smallest absolute Gasteiger partial charge is 0.255 e. The van der Waals surface area contributed by atoms with Gasteiger partial charge in [0.2, 0.25) is 5.91 Å². The number of anilines is 1. The third-order valence-corrected chi connectivity index (χ3v) is 7.35. The van der Waals surface area contributed by atoms with E-state index < -0.39 is 0 Å². The number of halogens is 1. The molecule has 1 aromatic heterocycles. The molecule has 0 aliphatic carbocycles. The number of benzene rings is 2. The number of nitrogens with one attached hydrogen (secondary N) is 1. The predicted molar refractivity (Wildman–Crippen MR) is 135 cm³/mol. The van der Waals surface area contributed by atoms with Gasteiger partial charge < -0.3 is 14.8 Å². The van der Waals surface area contributed by atoms with Crippen LogP contribution in [-0.2, 0) is 11.3 Å². The molecule has 0 saturated carbocycles. The second-order valence-corrected chi connectivity index (χ2v) is 9.67. The van der Waals surface area contributed by atoms with Gasteiger partial charge in [-0.15, -0.1) is 10.2 Å². The van der Waals surface area contributed by atoms with Gasteiger partial charge in [0.25, 0.3) is 5.91 Å². The topological polar surface area (TPSA) is 80.1 Å². The second kappa shape index (κ2) is 10.6. The van der Waals surface area contributed by atoms with E-state index >= 15 is 0 Å². The summed E-state index contributed by atoms with van der Waals surface area (Å²) in [6.07, 6.45) is 1.70. The normalized spacial score (nSPS) is 15.5. The first-order chi connectivity index (χ1) is 16.4. The Kier molecular flexibility index (Phi) is 7.58. The first-order valence-electron chi connectivity index (χ1n) is 11.4. The number of likely N-dealkylation sites (tertiary alicyclic amines) is 1. The molecule has 0 bridgehead atoms. The van der Waals surface area contributed by atoms with Gasteiger partial charge >= 0.3 is 0 Å². The summed E-state index contributed by atoms with van der Waals surface area (Å²) in [5.41, 5.74) is 3.41. The van der Waals surface area contributed by atoms with E-state index in [9.17, 15) is 9.59 Å². The molecule has 2 heterocycles. The lowest BCUT2D eigenvalue weighted by molar-refractivity contribution is -0.113. The maximum absolute atomic E-state index is 13.2. The number of thioether (sulfide) groups is 1. The molecule has 1 unspecified atom stereocenters. The molecule has 34 heavy (non-hydrogen) atoms. The van der Waals surface area contributed by atoms with E-state index in [0.29, 0.717) is 28.8 Å². The fraction of sp³-hybridized carbons (Fsp3) is 0.360. The van der Waals surface area contributed by atoms with Gasteiger partial charge in [-0.1, -0.05) is 53.7 Å². The lowest BCUT2D eigenvalue weighted by Gasteiger charge is -2.25. The Bertz CT molecular complexity index is 1190. The van der Waals surface area contributed by atoms with E-state index in [0.717, 1.165) is 35.5 Å². The van der Waals surface area contributed by atoms with Gasteiger partial charge in [0.05, 0.1) is 22.4 Å². The van der Waals surface area contributed by atoms with Crippen molar-refractivity contribution in [1.29, 1.82) is 0 Å². The molecule has 4 rings (SSSR count). The van der Waals surface area contributed by atoms with Gasteiger partial charge in [-0.3, -0.25) is 9.59 Å². The average Bonchev–Trinajstić information content (AvgIpc) is 3.46. The molecule has 0 radical (unpaired) electrons. The van der Waals surface area contributed by atoms with Gasteiger partial charge in [-0.25, -0.2) is 0 Å². The van der Waals surface area contributed by atoms with Crippen LogP contribution in [0.1, 0.15) is 53.1 Å². The summed E-state index contributed by atoms with van der Waals surface area (Å²) in [6, 6.07) is 12.9. The number of nitrogens with zero attached hydrogens (tertiary/aromatic N) is 4. The van der Waals surface area contributed by atoms with Crippen molar-refractivity contribution in [2.45, 2.75) is 51.4 Å². The zero-order chi connectivity index (χ0) is 24.2. The number of carbonyl (C=O) groups excluding carboxylic acids is 2. The van der Waals surface area contributed by atoms with Crippen LogP contribution in [0.5, 0.6) is 0 Å². The van der Waals surface area contributed by atoms with E-state index in [2.05, 4.69) is 15.5 Å². The van der Waals surface area contributed by atoms with Crippen molar-refractivity contribution in [3.05, 3.63) is 70.0 Å². The highest BCUT2D eigenvalue weighted by Crippen LogP contribution is 2.35. The highest BCUT2D eigenvalue weighted by Gasteiger charge is 2.35. The molecular weight excluding hydrogens is 470 g/mol. The molecule has 1 aliphatic rings. The van der Waals surface area contributed by atoms with Gasteiger partial charge in [0.15, 0.2) is 11.0 Å². The molecule has 3 aromatic rings. The lowest BCUT2D eigenvalue weighted by Crippen LogP contribution is -2.32. The van der Waals surface area contributed by atoms with Crippen molar-refractivity contribution in [1.82, 2.24) is 19.7 Å². The molecule has 0 spiro atoms. The Hall–Kier alpha value is -2.84. The molecule has 1 saturated heterocycles. The number of para-hydroxylation sites is 1. The average molecular weight is 498 g/mol. The zero-order valence-electron chi connectivity index (χ0n) is 19.5. The highest BCUT2D eigenvalue weighted by molar-refractivity contribution is 7.99. The van der Waals surface area contributed by atoms with Crippen LogP contribution in [-0.4, -0.2) is 43.8 Å². The Labute approximate surface area is 208 Å². The fourth-order valence-electron chi connectivity index (χ4n) is 4.34. The molecule has 1 aliphatic heterocycles. The van der Waals surface area contributed by atoms with E-state index in [-0.39, 0.29) is 23.6 Å². The van der Waals surface area contributed by atoms with Crippen LogP contribution < -0.4 is 5.32 Å². The van der Waals surface area contributed by atoms with Crippen molar-refractivity contribution in [3.8, 4) is 0 Å². The summed E-state index contributed by atoms with van der Waals surface area (Å²) >= 11 is 7.63. The third kappa shape index (κ3) is 4.98. The minimum Gasteiger partial charge on any atom is -0.328 e. The van der Waals surface area contributed by atoms with Gasteiger partial charge in [-0.2, -0.15) is 0 Å². The zero-order valence-corrected chi connectivity index (χ0v) is 21.1. The number of aromatic nitrogens is 3. The summed E-state index contributed by atoms with van der Waals surface area (Å²) in [5, 5.41) is 12.9. The van der Waals surface area contributed by atoms with E-state index in [1.54, 1.807) is 12.1 Å². The van der Waals surface area contributed by atoms with Crippen molar-refractivity contribution in [3.63, 3.8) is 0 Å². The van der Waals surface area contributed by atoms with Crippen LogP contribution in [0.4, 0.5) is 5.69 Å². The number of carbonyl (C=O) groups is 2. The molecule has 7 nitrogen and oxygen atoms in total. The molecule has 2 amide bonds. The third-order valence-electron chi connectivity index (χ3n) is 6.06. The van der Waals surface area contributed by atoms with Crippen molar-refractivity contribution in [2.75, 3.05) is 17.6 Å². The van der Waals surface area contributed by atoms with Crippen molar-refractivity contribution in [2.24, 2.45) is 0 Å². The van der Waals surface area contributed by atoms with Crippen LogP contribution in [0.15, 0.2) is 47.6 Å². The first-order valence-corrected chi connectivity index (χ1v) is 12.7. The Morgan fingerprint density at radius 2 is 1.85 bits per heavy atom. The van der Waals surface area contributed by atoms with Crippen LogP contribution in [0, 0.1) is 13.8 Å². The summed E-state index contributed by atoms with van der Waals surface area (Å²) < 4.78 is 2.00. The monoisotopic (exact) mass is 497 g/mol. The molecule has 1 atom stereocenters. The minimum absolute atomic E-state index is 0.0917. The SMILES string of the molecule is CCn1c(SCC(=O)Nc2c(C)cccc2C)nnc1C1CCCN1C(=O)c1ccccc1Cl. The first kappa shape index (κ1) is 24.3. The molecule has 1 N–H and O–H groups in total. The van der Waals surface area contributed by atoms with Gasteiger partial charge in [0.1, 0.15) is 0 Å². The standard InChI is InChI=1S/C25H28ClN5O2S/c1-4-30-23(20-13-8-14-31(20)24(33)18-11-5-6-12-19(18)26)28-29-25(30)34-15-21(32)27-22-16(2)9-7-10-17(22)3/h5-7,9-12,20H,4,8,13-15H2,1-3H3,(H,27,32). The number of hydrogen-bond acceptors (Lipinski definition) is 5. The largest absolute Gasteiger partial charge is 0.328 e. The van der Waals surface area contributed by atoms with Crippen LogP contribution in [0.2, 0.25) is 5.02 Å². The Morgan fingerprint density at radius 3 is 2.56 bits per heavy atom. The van der Waals surface area contributed by atoms with Gasteiger partial charge in [-0.05, 0) is 56.9 Å². The van der Waals surface area contributed by atoms with E-state index in [1.807, 2.05) is 60.6 Å². The summed E-state index contributed by atoms with van der Waals surface area (Å²) in [6.45, 7) is 7.27. The van der Waals surface area contributed by atoms with E-state index in [4.69, 9.17) is 11.6 Å². The molecular formula is C25H28ClN5O2S. The van der Waals surface area contributed by atoms with Crippen LogP contribution in [0.3, 0.4) is 0 Å². The molecule has 1 fully saturated rings. The van der Waals surface area contributed by atoms with Gasteiger partial charge in [0, 0.05) is 18.8 Å². The number of hydrogen-bond donors (Lipinski definition) is 1. The second-order valence-electron chi connectivity index (χ2n) is 8.33. The quantitative estimate of drug-likeness (QED) is 0.449. The summed E-state index contributed by atoms with van der Waals surface area (Å²) in [7, 11) is 0. The highest BCUT2D eigenvalue weighted by atomic mass is 35.5. The summed E-state index contributed by atoms with van der Waals surface area (Å²) in [4.78, 5) is 27.7. The number of aryl methyl sites for hydroxylation is 2. The fourth-order valence-corrected chi connectivity index (χ4v) is 5.36. The van der Waals surface area contributed by atoms with Crippen LogP contribution >= 0.6 is 23.4 Å². The Balaban J connectivity index is 1.48. The van der Waals surface area contributed by atoms with Crippen molar-refractivity contribution >= 4 is 40.9 Å². The molecule has 178 valence electrons. The lowest BCUT2D eigenvalue weighted by atomic mass is 10.1. The summed E-state index contributed by atoms with van der Waals surface area (Å²) in [5.74, 6) is 0.781. The molecule has 2 aromatic carbocycles. The Morgan fingerprint density at radius 1 is 1.12 bits per heavy atom.